The van der Waals surface area contributed by atoms with Crippen LogP contribution in [0.15, 0.2) is 6.33 Å². The Morgan fingerprint density at radius 2 is 1.59 bits per heavy atom. The molecule has 0 radical (unpaired) electrons. The van der Waals surface area contributed by atoms with E-state index in [2.05, 4.69) is 80.9 Å². The van der Waals surface area contributed by atoms with Gasteiger partial charge in [0.05, 0.1) is 0 Å². The van der Waals surface area contributed by atoms with Crippen LogP contribution < -0.4 is 21.3 Å². The van der Waals surface area contributed by atoms with Crippen LogP contribution in [0.4, 0.5) is 17.3 Å². The highest BCUT2D eigenvalue weighted by Crippen LogP contribution is 2.33. The maximum atomic E-state index is 6.54. The SMILES string of the molecule is CC(C)CN(CC(C)C)c1ncnc(NC2CC(C)(C)NC(C)(C)C2)c1N. The van der Waals surface area contributed by atoms with Crippen LogP contribution in [0.25, 0.3) is 0 Å². The summed E-state index contributed by atoms with van der Waals surface area (Å²) in [6.45, 7) is 19.8. The van der Waals surface area contributed by atoms with E-state index in [1.807, 2.05) is 0 Å². The predicted octanol–water partition coefficient (Wildman–Crippen LogP) is 3.90. The lowest BCUT2D eigenvalue weighted by Crippen LogP contribution is -2.60. The molecule has 1 aliphatic heterocycles. The molecule has 6 heteroatoms. The van der Waals surface area contributed by atoms with Gasteiger partial charge in [0.25, 0.3) is 0 Å². The molecule has 2 heterocycles. The average molecular weight is 377 g/mol. The highest BCUT2D eigenvalue weighted by atomic mass is 15.2. The van der Waals surface area contributed by atoms with Gasteiger partial charge in [-0.15, -0.1) is 0 Å². The monoisotopic (exact) mass is 376 g/mol. The van der Waals surface area contributed by atoms with Crippen molar-refractivity contribution in [3.05, 3.63) is 6.33 Å². The summed E-state index contributed by atoms with van der Waals surface area (Å²) in [5.74, 6) is 2.69. The van der Waals surface area contributed by atoms with Gasteiger partial charge in [0.2, 0.25) is 0 Å². The maximum absolute atomic E-state index is 6.54. The zero-order valence-electron chi connectivity index (χ0n) is 18.6. The number of nitrogens with two attached hydrogens (primary N) is 1. The van der Waals surface area contributed by atoms with Crippen molar-refractivity contribution in [3.8, 4) is 0 Å². The molecule has 6 nitrogen and oxygen atoms in total. The second-order valence-electron chi connectivity index (χ2n) is 10.3. The van der Waals surface area contributed by atoms with Crippen molar-refractivity contribution in [2.75, 3.05) is 29.0 Å². The summed E-state index contributed by atoms with van der Waals surface area (Å²) < 4.78 is 0. The van der Waals surface area contributed by atoms with Crippen molar-refractivity contribution in [1.82, 2.24) is 15.3 Å². The average Bonchev–Trinajstić information content (AvgIpc) is 2.44. The molecule has 0 spiro atoms. The van der Waals surface area contributed by atoms with Crippen LogP contribution >= 0.6 is 0 Å². The van der Waals surface area contributed by atoms with E-state index in [1.54, 1.807) is 6.33 Å². The van der Waals surface area contributed by atoms with E-state index in [0.29, 0.717) is 23.6 Å². The Morgan fingerprint density at radius 1 is 1.07 bits per heavy atom. The third-order valence-corrected chi connectivity index (χ3v) is 4.86. The van der Waals surface area contributed by atoms with Gasteiger partial charge in [0.1, 0.15) is 12.0 Å². The number of nitrogen functional groups attached to an aromatic ring is 1. The molecular formula is C21H40N6. The van der Waals surface area contributed by atoms with E-state index in [-0.39, 0.29) is 11.1 Å². The normalized spacial score (nSPS) is 19.5. The number of rotatable bonds is 7. The zero-order valence-corrected chi connectivity index (χ0v) is 18.6. The molecular weight excluding hydrogens is 336 g/mol. The van der Waals surface area contributed by atoms with Crippen molar-refractivity contribution >= 4 is 17.3 Å². The number of nitrogens with one attached hydrogen (secondary N) is 2. The van der Waals surface area contributed by atoms with Crippen molar-refractivity contribution in [2.24, 2.45) is 11.8 Å². The highest BCUT2D eigenvalue weighted by molar-refractivity contribution is 5.75. The Morgan fingerprint density at radius 3 is 2.07 bits per heavy atom. The number of nitrogens with zero attached hydrogens (tertiary/aromatic N) is 3. The van der Waals surface area contributed by atoms with Gasteiger partial charge in [-0.05, 0) is 52.4 Å². The number of hydrogen-bond acceptors (Lipinski definition) is 6. The van der Waals surface area contributed by atoms with Crippen LogP contribution in [0.3, 0.4) is 0 Å². The molecule has 1 aromatic heterocycles. The minimum atomic E-state index is 0.0748. The Labute approximate surface area is 165 Å². The molecule has 1 aliphatic rings. The van der Waals surface area contributed by atoms with E-state index in [0.717, 1.165) is 37.6 Å². The summed E-state index contributed by atoms with van der Waals surface area (Å²) in [5, 5.41) is 7.34. The minimum absolute atomic E-state index is 0.0748. The number of hydrogen-bond donors (Lipinski definition) is 3. The fraction of sp³-hybridized carbons (Fsp3) is 0.810. The molecule has 4 N–H and O–H groups in total. The van der Waals surface area contributed by atoms with Gasteiger partial charge in [-0.3, -0.25) is 0 Å². The second kappa shape index (κ2) is 8.21. The van der Waals surface area contributed by atoms with Crippen LogP contribution in [0.1, 0.15) is 68.2 Å². The standard InChI is InChI=1S/C21H40N6/c1-14(2)11-27(12-15(3)4)19-17(22)18(23-13-24-19)25-16-9-20(5,6)26-21(7,8)10-16/h13-16,26H,9-12,22H2,1-8H3,(H,23,24,25). The van der Waals surface area contributed by atoms with Gasteiger partial charge in [-0.1, -0.05) is 27.7 Å². The van der Waals surface area contributed by atoms with Crippen molar-refractivity contribution in [1.29, 1.82) is 0 Å². The zero-order chi connectivity index (χ0) is 20.4. The third kappa shape index (κ3) is 6.23. The maximum Gasteiger partial charge on any atom is 0.157 e. The molecule has 0 atom stereocenters. The Hall–Kier alpha value is -1.56. The van der Waals surface area contributed by atoms with Crippen LogP contribution in [0, 0.1) is 11.8 Å². The van der Waals surface area contributed by atoms with Crippen molar-refractivity contribution < 1.29 is 0 Å². The first-order chi connectivity index (χ1) is 12.4. The Kier molecular flexibility index (Phi) is 6.61. The van der Waals surface area contributed by atoms with Gasteiger partial charge in [0.15, 0.2) is 11.6 Å². The lowest BCUT2D eigenvalue weighted by Gasteiger charge is -2.46. The van der Waals surface area contributed by atoms with E-state index < -0.39 is 0 Å². The lowest BCUT2D eigenvalue weighted by molar-refractivity contribution is 0.170. The Balaban J connectivity index is 2.25. The second-order valence-corrected chi connectivity index (χ2v) is 10.3. The molecule has 1 fully saturated rings. The molecule has 1 aromatic rings. The largest absolute Gasteiger partial charge is 0.393 e. The summed E-state index contributed by atoms with van der Waals surface area (Å²) in [5.41, 5.74) is 7.35. The first-order valence-corrected chi connectivity index (χ1v) is 10.3. The molecule has 27 heavy (non-hydrogen) atoms. The first-order valence-electron chi connectivity index (χ1n) is 10.3. The van der Waals surface area contributed by atoms with Gasteiger partial charge in [0, 0.05) is 30.2 Å². The van der Waals surface area contributed by atoms with Crippen molar-refractivity contribution in [3.63, 3.8) is 0 Å². The molecule has 1 saturated heterocycles. The smallest absolute Gasteiger partial charge is 0.157 e. The first kappa shape index (κ1) is 21.7. The van der Waals surface area contributed by atoms with Gasteiger partial charge < -0.3 is 21.3 Å². The fourth-order valence-electron chi connectivity index (χ4n) is 4.50. The molecule has 2 rings (SSSR count). The highest BCUT2D eigenvalue weighted by Gasteiger charge is 2.38. The Bertz CT molecular complexity index is 597. The summed E-state index contributed by atoms with van der Waals surface area (Å²) in [7, 11) is 0. The number of aromatic nitrogens is 2. The van der Waals surface area contributed by atoms with Crippen LogP contribution in [-0.2, 0) is 0 Å². The molecule has 0 amide bonds. The number of anilines is 3. The molecule has 0 unspecified atom stereocenters. The molecule has 0 aromatic carbocycles. The van der Waals surface area contributed by atoms with Crippen LogP contribution in [0.5, 0.6) is 0 Å². The molecule has 0 aliphatic carbocycles. The van der Waals surface area contributed by atoms with Gasteiger partial charge in [-0.2, -0.15) is 0 Å². The predicted molar refractivity (Wildman–Crippen MR) is 116 cm³/mol. The van der Waals surface area contributed by atoms with Crippen LogP contribution in [0.2, 0.25) is 0 Å². The lowest BCUT2D eigenvalue weighted by atomic mass is 9.79. The van der Waals surface area contributed by atoms with Gasteiger partial charge >= 0.3 is 0 Å². The molecule has 0 bridgehead atoms. The summed E-state index contributed by atoms with van der Waals surface area (Å²) in [4.78, 5) is 11.3. The van der Waals surface area contributed by atoms with E-state index in [1.165, 1.54) is 0 Å². The summed E-state index contributed by atoms with van der Waals surface area (Å²) in [6, 6.07) is 0.324. The molecule has 0 saturated carbocycles. The quantitative estimate of drug-likeness (QED) is 0.670. The fourth-order valence-corrected chi connectivity index (χ4v) is 4.50. The molecule has 154 valence electrons. The minimum Gasteiger partial charge on any atom is -0.393 e. The van der Waals surface area contributed by atoms with E-state index in [4.69, 9.17) is 5.73 Å². The number of piperidine rings is 1. The summed E-state index contributed by atoms with van der Waals surface area (Å²) >= 11 is 0. The van der Waals surface area contributed by atoms with Crippen LogP contribution in [-0.4, -0.2) is 40.2 Å². The van der Waals surface area contributed by atoms with Gasteiger partial charge in [-0.25, -0.2) is 9.97 Å². The van der Waals surface area contributed by atoms with E-state index >= 15 is 0 Å². The third-order valence-electron chi connectivity index (χ3n) is 4.86. The summed E-state index contributed by atoms with van der Waals surface area (Å²) in [6.07, 6.45) is 3.69. The topological polar surface area (TPSA) is 79.1 Å². The van der Waals surface area contributed by atoms with E-state index in [9.17, 15) is 0 Å². The van der Waals surface area contributed by atoms with Crippen molar-refractivity contribution in [2.45, 2.75) is 85.4 Å².